The van der Waals surface area contributed by atoms with E-state index in [-0.39, 0.29) is 5.91 Å². The minimum absolute atomic E-state index is 0.0868. The summed E-state index contributed by atoms with van der Waals surface area (Å²) in [6.07, 6.45) is 3.09. The zero-order valence-electron chi connectivity index (χ0n) is 9.55. The molecule has 1 rings (SSSR count). The second kappa shape index (κ2) is 7.65. The molecule has 0 aromatic rings. The van der Waals surface area contributed by atoms with E-state index in [9.17, 15) is 4.79 Å². The summed E-state index contributed by atoms with van der Waals surface area (Å²) >= 11 is 0. The highest BCUT2D eigenvalue weighted by Crippen LogP contribution is 2.28. The number of carbonyl (C=O) groups excluding carboxylic acids is 1. The lowest BCUT2D eigenvalue weighted by Crippen LogP contribution is -2.32. The van der Waals surface area contributed by atoms with Gasteiger partial charge in [0, 0.05) is 26.1 Å². The van der Waals surface area contributed by atoms with Gasteiger partial charge in [-0.3, -0.25) is 4.79 Å². The van der Waals surface area contributed by atoms with Crippen molar-refractivity contribution in [3.63, 3.8) is 0 Å². The number of nitrogens with one attached hydrogen (secondary N) is 2. The van der Waals surface area contributed by atoms with E-state index >= 15 is 0 Å². The fraction of sp³-hybridized carbons (Fsp3) is 0.909. The fourth-order valence-corrected chi connectivity index (χ4v) is 1.25. The molecule has 1 fully saturated rings. The van der Waals surface area contributed by atoms with Gasteiger partial charge >= 0.3 is 0 Å². The van der Waals surface area contributed by atoms with E-state index in [4.69, 9.17) is 4.74 Å². The van der Waals surface area contributed by atoms with Crippen molar-refractivity contribution < 1.29 is 9.53 Å². The van der Waals surface area contributed by atoms with E-state index in [1.807, 2.05) is 6.92 Å². The molecule has 1 amide bonds. The molecule has 0 saturated heterocycles. The topological polar surface area (TPSA) is 50.4 Å². The van der Waals surface area contributed by atoms with Crippen LogP contribution in [0.5, 0.6) is 0 Å². The van der Waals surface area contributed by atoms with Gasteiger partial charge in [-0.2, -0.15) is 0 Å². The standard InChI is InChI=1S/C11H22N2O2/c1-2-12-6-7-13-11(14)5-8-15-9-10-3-4-10/h10,12H,2-9H2,1H3,(H,13,14). The van der Waals surface area contributed by atoms with Gasteiger partial charge in [-0.25, -0.2) is 0 Å². The molecule has 0 radical (unpaired) electrons. The fourth-order valence-electron chi connectivity index (χ4n) is 1.25. The Morgan fingerprint density at radius 2 is 2.20 bits per heavy atom. The van der Waals surface area contributed by atoms with E-state index in [0.29, 0.717) is 19.6 Å². The monoisotopic (exact) mass is 214 g/mol. The third kappa shape index (κ3) is 7.33. The summed E-state index contributed by atoms with van der Waals surface area (Å²) < 4.78 is 5.38. The summed E-state index contributed by atoms with van der Waals surface area (Å²) in [4.78, 5) is 11.2. The first-order valence-electron chi connectivity index (χ1n) is 5.88. The highest BCUT2D eigenvalue weighted by molar-refractivity contribution is 5.75. The Labute approximate surface area is 91.8 Å². The van der Waals surface area contributed by atoms with Crippen molar-refractivity contribution in [2.45, 2.75) is 26.2 Å². The number of ether oxygens (including phenoxy) is 1. The normalized spacial score (nSPS) is 15.3. The predicted octanol–water partition coefficient (Wildman–Crippen LogP) is 0.529. The molecule has 4 nitrogen and oxygen atoms in total. The van der Waals surface area contributed by atoms with Gasteiger partial charge in [0.2, 0.25) is 5.91 Å². The number of rotatable bonds is 9. The number of hydrogen-bond donors (Lipinski definition) is 2. The Kier molecular flexibility index (Phi) is 6.36. The molecule has 0 aromatic carbocycles. The van der Waals surface area contributed by atoms with Gasteiger partial charge in [0.15, 0.2) is 0 Å². The lowest BCUT2D eigenvalue weighted by Gasteiger charge is -2.05. The third-order valence-electron chi connectivity index (χ3n) is 2.40. The molecule has 0 aromatic heterocycles. The minimum atomic E-state index is 0.0868. The maximum Gasteiger partial charge on any atom is 0.222 e. The first-order chi connectivity index (χ1) is 7.33. The molecule has 88 valence electrons. The van der Waals surface area contributed by atoms with Crippen LogP contribution in [0.25, 0.3) is 0 Å². The second-order valence-corrected chi connectivity index (χ2v) is 3.97. The van der Waals surface area contributed by atoms with Crippen LogP contribution in [0.1, 0.15) is 26.2 Å². The van der Waals surface area contributed by atoms with Gasteiger partial charge in [0.1, 0.15) is 0 Å². The van der Waals surface area contributed by atoms with Crippen molar-refractivity contribution in [2.24, 2.45) is 5.92 Å². The Balaban J connectivity index is 1.80. The molecule has 0 aliphatic heterocycles. The smallest absolute Gasteiger partial charge is 0.222 e. The van der Waals surface area contributed by atoms with Crippen molar-refractivity contribution in [3.8, 4) is 0 Å². The van der Waals surface area contributed by atoms with Crippen LogP contribution < -0.4 is 10.6 Å². The summed E-state index contributed by atoms with van der Waals surface area (Å²) in [5.74, 6) is 0.866. The minimum Gasteiger partial charge on any atom is -0.381 e. The van der Waals surface area contributed by atoms with Crippen molar-refractivity contribution in [3.05, 3.63) is 0 Å². The number of amides is 1. The zero-order valence-corrected chi connectivity index (χ0v) is 9.55. The lowest BCUT2D eigenvalue weighted by molar-refractivity contribution is -0.122. The molecule has 15 heavy (non-hydrogen) atoms. The number of hydrogen-bond acceptors (Lipinski definition) is 3. The molecule has 1 aliphatic rings. The SMILES string of the molecule is CCNCCNC(=O)CCOCC1CC1. The van der Waals surface area contributed by atoms with Crippen LogP contribution in [0.4, 0.5) is 0 Å². The van der Waals surface area contributed by atoms with Crippen LogP contribution in [-0.4, -0.2) is 38.8 Å². The maximum absolute atomic E-state index is 11.2. The number of carbonyl (C=O) groups is 1. The highest BCUT2D eigenvalue weighted by Gasteiger charge is 2.20. The summed E-state index contributed by atoms with van der Waals surface area (Å²) in [6, 6.07) is 0. The third-order valence-corrected chi connectivity index (χ3v) is 2.40. The molecule has 1 saturated carbocycles. The van der Waals surface area contributed by atoms with Crippen LogP contribution in [0.15, 0.2) is 0 Å². The summed E-state index contributed by atoms with van der Waals surface area (Å²) in [6.45, 7) is 5.93. The van der Waals surface area contributed by atoms with E-state index < -0.39 is 0 Å². The first-order valence-corrected chi connectivity index (χ1v) is 5.88. The summed E-state index contributed by atoms with van der Waals surface area (Å²) in [5.41, 5.74) is 0. The first kappa shape index (κ1) is 12.5. The average Bonchev–Trinajstić information content (AvgIpc) is 3.03. The Morgan fingerprint density at radius 3 is 2.87 bits per heavy atom. The van der Waals surface area contributed by atoms with Crippen molar-refractivity contribution in [1.29, 1.82) is 0 Å². The molecule has 2 N–H and O–H groups in total. The van der Waals surface area contributed by atoms with E-state index in [1.54, 1.807) is 0 Å². The van der Waals surface area contributed by atoms with Crippen LogP contribution in [0, 0.1) is 5.92 Å². The van der Waals surface area contributed by atoms with E-state index in [0.717, 1.165) is 25.6 Å². The quantitative estimate of drug-likeness (QED) is 0.550. The highest BCUT2D eigenvalue weighted by atomic mass is 16.5. The Bertz CT molecular complexity index is 181. The number of likely N-dealkylation sites (N-methyl/N-ethyl adjacent to an activating group) is 1. The van der Waals surface area contributed by atoms with Crippen molar-refractivity contribution in [2.75, 3.05) is 32.8 Å². The van der Waals surface area contributed by atoms with Crippen molar-refractivity contribution in [1.82, 2.24) is 10.6 Å². The second-order valence-electron chi connectivity index (χ2n) is 3.97. The lowest BCUT2D eigenvalue weighted by atomic mass is 10.4. The van der Waals surface area contributed by atoms with Gasteiger partial charge in [0.25, 0.3) is 0 Å². The molecule has 1 aliphatic carbocycles. The molecule has 0 unspecified atom stereocenters. The Hall–Kier alpha value is -0.610. The molecule has 0 bridgehead atoms. The average molecular weight is 214 g/mol. The van der Waals surface area contributed by atoms with Crippen molar-refractivity contribution >= 4 is 5.91 Å². The molecular weight excluding hydrogens is 192 g/mol. The van der Waals surface area contributed by atoms with Gasteiger partial charge in [-0.15, -0.1) is 0 Å². The maximum atomic E-state index is 11.2. The van der Waals surface area contributed by atoms with Gasteiger partial charge in [-0.05, 0) is 25.3 Å². The largest absolute Gasteiger partial charge is 0.381 e. The molecule has 0 heterocycles. The zero-order chi connectivity index (χ0) is 10.9. The molecule has 0 atom stereocenters. The van der Waals surface area contributed by atoms with Crippen LogP contribution in [0.3, 0.4) is 0 Å². The Morgan fingerprint density at radius 1 is 1.40 bits per heavy atom. The molecule has 0 spiro atoms. The molecule has 4 heteroatoms. The van der Waals surface area contributed by atoms with E-state index in [1.165, 1.54) is 12.8 Å². The van der Waals surface area contributed by atoms with Crippen LogP contribution >= 0.6 is 0 Å². The van der Waals surface area contributed by atoms with Crippen LogP contribution in [-0.2, 0) is 9.53 Å². The van der Waals surface area contributed by atoms with Gasteiger partial charge < -0.3 is 15.4 Å². The molecular formula is C11H22N2O2. The van der Waals surface area contributed by atoms with Gasteiger partial charge in [-0.1, -0.05) is 6.92 Å². The predicted molar refractivity (Wildman–Crippen MR) is 59.7 cm³/mol. The summed E-state index contributed by atoms with van der Waals surface area (Å²) in [7, 11) is 0. The summed E-state index contributed by atoms with van der Waals surface area (Å²) in [5, 5.41) is 5.99. The van der Waals surface area contributed by atoms with Crippen LogP contribution in [0.2, 0.25) is 0 Å². The van der Waals surface area contributed by atoms with Gasteiger partial charge in [0.05, 0.1) is 6.61 Å². The van der Waals surface area contributed by atoms with E-state index in [2.05, 4.69) is 10.6 Å².